The van der Waals surface area contributed by atoms with Crippen LogP contribution in [0.15, 0.2) is 0 Å². The molecular formula is C13H13BrO4. The van der Waals surface area contributed by atoms with Crippen molar-refractivity contribution in [3.63, 3.8) is 0 Å². The number of ether oxygens (including phenoxy) is 3. The molecule has 7 rings (SSSR count). The zero-order valence-corrected chi connectivity index (χ0v) is 11.5. The Morgan fingerprint density at radius 3 is 2.22 bits per heavy atom. The van der Waals surface area contributed by atoms with Gasteiger partial charge in [-0.3, -0.25) is 4.79 Å². The second-order valence-electron chi connectivity index (χ2n) is 6.71. The first kappa shape index (κ1) is 9.72. The molecule has 1 spiro atoms. The quantitative estimate of drug-likeness (QED) is 0.530. The van der Waals surface area contributed by atoms with E-state index in [4.69, 9.17) is 14.2 Å². The van der Waals surface area contributed by atoms with Crippen molar-refractivity contribution in [1.82, 2.24) is 0 Å². The summed E-state index contributed by atoms with van der Waals surface area (Å²) in [5.41, 5.74) is -0.134. The smallest absolute Gasteiger partial charge is 0.312 e. The Morgan fingerprint density at radius 1 is 1.11 bits per heavy atom. The van der Waals surface area contributed by atoms with Crippen molar-refractivity contribution < 1.29 is 19.0 Å². The molecule has 1 heterocycles. The van der Waals surface area contributed by atoms with Gasteiger partial charge in [-0.2, -0.15) is 0 Å². The van der Waals surface area contributed by atoms with Crippen LogP contribution in [0.2, 0.25) is 0 Å². The average molecular weight is 313 g/mol. The van der Waals surface area contributed by atoms with E-state index in [-0.39, 0.29) is 15.7 Å². The molecule has 2 bridgehead atoms. The minimum absolute atomic E-state index is 0.0109. The number of carbonyl (C=O) groups excluding carboxylic acids is 1. The summed E-state index contributed by atoms with van der Waals surface area (Å²) in [6.07, 6.45) is 0. The highest BCUT2D eigenvalue weighted by Gasteiger charge is 3.10. The molecule has 0 amide bonds. The molecule has 4 nitrogen and oxygen atoms in total. The lowest BCUT2D eigenvalue weighted by atomic mass is 9.13. The van der Waals surface area contributed by atoms with Gasteiger partial charge in [-0.25, -0.2) is 0 Å². The third-order valence-corrected chi connectivity index (χ3v) is 8.78. The summed E-state index contributed by atoms with van der Waals surface area (Å²) in [5.74, 6) is 2.63. The minimum Gasteiger partial charge on any atom is -0.469 e. The second-order valence-corrected chi connectivity index (χ2v) is 8.02. The van der Waals surface area contributed by atoms with E-state index >= 15 is 0 Å². The van der Waals surface area contributed by atoms with Crippen molar-refractivity contribution in [1.29, 1.82) is 0 Å². The molecule has 0 aromatic rings. The summed E-state index contributed by atoms with van der Waals surface area (Å²) >= 11 is 3.97. The maximum Gasteiger partial charge on any atom is 0.312 e. The highest BCUT2D eigenvalue weighted by molar-refractivity contribution is 9.10. The number of rotatable bonds is 1. The maximum atomic E-state index is 12.1. The fourth-order valence-electron chi connectivity index (χ4n) is 7.20. The van der Waals surface area contributed by atoms with Crippen LogP contribution < -0.4 is 0 Å². The summed E-state index contributed by atoms with van der Waals surface area (Å²) in [5, 5.41) is 0. The van der Waals surface area contributed by atoms with E-state index in [1.807, 2.05) is 0 Å². The van der Waals surface area contributed by atoms with Gasteiger partial charge in [0, 0.05) is 5.92 Å². The third-order valence-electron chi connectivity index (χ3n) is 7.17. The average Bonchev–Trinajstić information content (AvgIpc) is 2.89. The number of methoxy groups -OCH3 is 1. The van der Waals surface area contributed by atoms with E-state index in [0.717, 1.165) is 0 Å². The Bertz CT molecular complexity index is 505. The molecule has 18 heavy (non-hydrogen) atoms. The molecule has 1 saturated heterocycles. The van der Waals surface area contributed by atoms with Gasteiger partial charge in [-0.15, -0.1) is 0 Å². The van der Waals surface area contributed by atoms with Gasteiger partial charge in [0.05, 0.1) is 30.1 Å². The van der Waals surface area contributed by atoms with Crippen LogP contribution in [0, 0.1) is 40.9 Å². The van der Waals surface area contributed by atoms with Crippen LogP contribution in [0.25, 0.3) is 0 Å². The van der Waals surface area contributed by atoms with Gasteiger partial charge in [0.25, 0.3) is 0 Å². The molecule has 0 N–H and O–H groups in total. The second kappa shape index (κ2) is 2.21. The van der Waals surface area contributed by atoms with Gasteiger partial charge in [0.2, 0.25) is 0 Å². The summed E-state index contributed by atoms with van der Waals surface area (Å²) in [6.45, 7) is 1.39. The highest BCUT2D eigenvalue weighted by atomic mass is 79.9. The van der Waals surface area contributed by atoms with Crippen LogP contribution in [-0.4, -0.2) is 36.4 Å². The zero-order valence-electron chi connectivity index (χ0n) is 9.89. The lowest BCUT2D eigenvalue weighted by Gasteiger charge is -2.89. The van der Waals surface area contributed by atoms with Crippen molar-refractivity contribution in [3.8, 4) is 0 Å². The third kappa shape index (κ3) is 0.476. The Balaban J connectivity index is 1.53. The van der Waals surface area contributed by atoms with Crippen LogP contribution in [-0.2, 0) is 19.0 Å². The predicted octanol–water partition coefficient (Wildman–Crippen LogP) is 0.788. The maximum absolute atomic E-state index is 12.1. The van der Waals surface area contributed by atoms with Crippen LogP contribution in [0.4, 0.5) is 0 Å². The Morgan fingerprint density at radius 2 is 1.67 bits per heavy atom. The van der Waals surface area contributed by atoms with Gasteiger partial charge in [0.15, 0.2) is 5.79 Å². The fourth-order valence-corrected chi connectivity index (χ4v) is 8.84. The standard InChI is InChI=1S/C13H13BrO4/c1-16-10(15)11-4-7-5(11)9-6(11)8(4)12(7,14)13(9)17-2-3-18-13/h4-9H,2-3H2,1H3/t4?,5-,6-,7+,8+,9?,11?,12?/m0/s1. The highest BCUT2D eigenvalue weighted by Crippen LogP contribution is 3.04. The number of esters is 1. The summed E-state index contributed by atoms with van der Waals surface area (Å²) < 4.78 is 17.2. The Hall–Kier alpha value is -0.130. The molecule has 5 heteroatoms. The van der Waals surface area contributed by atoms with Gasteiger partial charge in [0.1, 0.15) is 0 Å². The number of alkyl halides is 1. The molecular weight excluding hydrogens is 300 g/mol. The summed E-state index contributed by atoms with van der Waals surface area (Å²) in [7, 11) is 1.52. The van der Waals surface area contributed by atoms with Crippen LogP contribution in [0.3, 0.4) is 0 Å². The van der Waals surface area contributed by atoms with E-state index in [0.29, 0.717) is 48.7 Å². The van der Waals surface area contributed by atoms with E-state index in [9.17, 15) is 4.79 Å². The zero-order chi connectivity index (χ0) is 12.1. The first-order valence-corrected chi connectivity index (χ1v) is 7.52. The molecule has 7 fully saturated rings. The van der Waals surface area contributed by atoms with Gasteiger partial charge < -0.3 is 14.2 Å². The monoisotopic (exact) mass is 312 g/mol. The fraction of sp³-hybridized carbons (Fsp3) is 0.923. The summed E-state index contributed by atoms with van der Waals surface area (Å²) in [6, 6.07) is 0. The van der Waals surface area contributed by atoms with Crippen molar-refractivity contribution in [2.75, 3.05) is 20.3 Å². The van der Waals surface area contributed by atoms with E-state index in [1.54, 1.807) is 0 Å². The van der Waals surface area contributed by atoms with E-state index < -0.39 is 5.79 Å². The normalized spacial score (nSPS) is 69.9. The molecule has 0 radical (unpaired) electrons. The molecule has 0 aromatic heterocycles. The Kier molecular flexibility index (Phi) is 1.19. The first-order chi connectivity index (χ1) is 8.67. The molecule has 6 saturated carbocycles. The van der Waals surface area contributed by atoms with E-state index in [2.05, 4.69) is 15.9 Å². The molecule has 7 aliphatic rings. The minimum atomic E-state index is -0.414. The topological polar surface area (TPSA) is 44.8 Å². The molecule has 96 valence electrons. The van der Waals surface area contributed by atoms with Gasteiger partial charge >= 0.3 is 5.97 Å². The van der Waals surface area contributed by atoms with Crippen LogP contribution >= 0.6 is 15.9 Å². The number of hydrogen-bond donors (Lipinski definition) is 0. The number of hydrogen-bond acceptors (Lipinski definition) is 4. The van der Waals surface area contributed by atoms with Gasteiger partial charge in [-0.1, -0.05) is 15.9 Å². The van der Waals surface area contributed by atoms with Crippen molar-refractivity contribution in [2.45, 2.75) is 10.1 Å². The van der Waals surface area contributed by atoms with Crippen LogP contribution in [0.1, 0.15) is 0 Å². The molecule has 0 unspecified atom stereocenters. The predicted molar refractivity (Wildman–Crippen MR) is 61.7 cm³/mol. The Labute approximate surface area is 112 Å². The summed E-state index contributed by atoms with van der Waals surface area (Å²) in [4.78, 5) is 12.1. The molecule has 4 atom stereocenters. The molecule has 1 aliphatic heterocycles. The number of halogens is 1. The van der Waals surface area contributed by atoms with Crippen molar-refractivity contribution in [3.05, 3.63) is 0 Å². The molecule has 0 aromatic carbocycles. The van der Waals surface area contributed by atoms with Gasteiger partial charge in [-0.05, 0) is 29.6 Å². The van der Waals surface area contributed by atoms with Crippen molar-refractivity contribution >= 4 is 21.9 Å². The SMILES string of the molecule is COC(=O)C12C3[C@@H]4[C@H]1C1[C@@H]2[C@@H]3C4(Br)C12OCCO2. The lowest BCUT2D eigenvalue weighted by molar-refractivity contribution is -0.421. The molecule has 6 aliphatic carbocycles. The van der Waals surface area contributed by atoms with Crippen LogP contribution in [0.5, 0.6) is 0 Å². The van der Waals surface area contributed by atoms with Crippen molar-refractivity contribution in [2.24, 2.45) is 40.9 Å². The largest absolute Gasteiger partial charge is 0.469 e. The number of carbonyl (C=O) groups is 1. The van der Waals surface area contributed by atoms with E-state index in [1.165, 1.54) is 7.11 Å². The first-order valence-electron chi connectivity index (χ1n) is 6.72. The lowest BCUT2D eigenvalue weighted by Crippen LogP contribution is -2.94.